The summed E-state index contributed by atoms with van der Waals surface area (Å²) >= 11 is 1.24. The third kappa shape index (κ3) is 4.71. The Morgan fingerprint density at radius 1 is 0.935 bits per heavy atom. The number of anilines is 1. The quantitative estimate of drug-likeness (QED) is 0.412. The summed E-state index contributed by atoms with van der Waals surface area (Å²) in [5.74, 6) is 0. The van der Waals surface area contributed by atoms with Crippen LogP contribution in [0.2, 0.25) is 0 Å². The Morgan fingerprint density at radius 2 is 1.65 bits per heavy atom. The molecule has 0 spiro atoms. The van der Waals surface area contributed by atoms with Crippen molar-refractivity contribution in [1.82, 2.24) is 9.29 Å². The van der Waals surface area contributed by atoms with Gasteiger partial charge in [-0.1, -0.05) is 36.0 Å². The van der Waals surface area contributed by atoms with Gasteiger partial charge in [-0.05, 0) is 36.4 Å². The Kier molecular flexibility index (Phi) is 6.21. The molecule has 10 heteroatoms. The van der Waals surface area contributed by atoms with Crippen molar-refractivity contribution in [3.05, 3.63) is 83.0 Å². The number of nitrogens with zero attached hydrogens (tertiary/aromatic N) is 4. The van der Waals surface area contributed by atoms with E-state index in [0.717, 1.165) is 5.69 Å². The Bertz CT molecular complexity index is 1170. The van der Waals surface area contributed by atoms with Gasteiger partial charge < -0.3 is 4.90 Å². The Hall–Kier alpha value is -2.95. The number of aromatic nitrogens is 1. The van der Waals surface area contributed by atoms with Crippen molar-refractivity contribution in [1.29, 1.82) is 0 Å². The fraction of sp³-hybridized carbons (Fsp3) is 0.190. The molecule has 1 fully saturated rings. The summed E-state index contributed by atoms with van der Waals surface area (Å²) < 4.78 is 27.1. The van der Waals surface area contributed by atoms with Gasteiger partial charge in [0.2, 0.25) is 10.0 Å². The predicted molar refractivity (Wildman–Crippen MR) is 119 cm³/mol. The molecule has 0 atom stereocenters. The molecule has 0 unspecified atom stereocenters. The molecular formula is C21H20N4O4S2. The van der Waals surface area contributed by atoms with Crippen molar-refractivity contribution >= 4 is 33.2 Å². The molecule has 31 heavy (non-hydrogen) atoms. The van der Waals surface area contributed by atoms with E-state index in [1.54, 1.807) is 60.8 Å². The molecule has 0 amide bonds. The van der Waals surface area contributed by atoms with Crippen molar-refractivity contribution in [2.75, 3.05) is 31.1 Å². The summed E-state index contributed by atoms with van der Waals surface area (Å²) in [6.45, 7) is 1.68. The van der Waals surface area contributed by atoms with Crippen LogP contribution in [0.25, 0.3) is 0 Å². The van der Waals surface area contributed by atoms with Gasteiger partial charge in [-0.25, -0.2) is 13.4 Å². The van der Waals surface area contributed by atoms with E-state index < -0.39 is 14.9 Å². The molecule has 0 radical (unpaired) electrons. The van der Waals surface area contributed by atoms with Gasteiger partial charge in [0.25, 0.3) is 5.69 Å². The molecular weight excluding hydrogens is 436 g/mol. The van der Waals surface area contributed by atoms with Gasteiger partial charge in [-0.3, -0.25) is 10.1 Å². The lowest BCUT2D eigenvalue weighted by molar-refractivity contribution is -0.387. The Balaban J connectivity index is 1.52. The molecule has 1 saturated heterocycles. The maximum absolute atomic E-state index is 12.8. The third-order valence-corrected chi connectivity index (χ3v) is 7.89. The molecule has 8 nitrogen and oxygen atoms in total. The van der Waals surface area contributed by atoms with Gasteiger partial charge in [-0.2, -0.15) is 4.31 Å². The van der Waals surface area contributed by atoms with Crippen molar-refractivity contribution in [2.45, 2.75) is 14.8 Å². The van der Waals surface area contributed by atoms with Crippen LogP contribution in [0.1, 0.15) is 0 Å². The van der Waals surface area contributed by atoms with Crippen molar-refractivity contribution in [3.63, 3.8) is 0 Å². The number of rotatable bonds is 6. The number of nitro benzene ring substituents is 1. The molecule has 0 aliphatic carbocycles. The summed E-state index contributed by atoms with van der Waals surface area (Å²) in [6, 6.07) is 18.8. The smallest absolute Gasteiger partial charge is 0.283 e. The van der Waals surface area contributed by atoms with Crippen LogP contribution < -0.4 is 4.90 Å². The predicted octanol–water partition coefficient (Wildman–Crippen LogP) is 3.65. The first-order valence-corrected chi connectivity index (χ1v) is 11.9. The number of hydrogen-bond acceptors (Lipinski definition) is 7. The zero-order valence-electron chi connectivity index (χ0n) is 16.5. The third-order valence-electron chi connectivity index (χ3n) is 4.98. The first kappa shape index (κ1) is 21.3. The molecule has 0 N–H and O–H groups in total. The monoisotopic (exact) mass is 456 g/mol. The maximum atomic E-state index is 12.8. The molecule has 2 aromatic carbocycles. The molecule has 1 aliphatic heterocycles. The maximum Gasteiger partial charge on any atom is 0.283 e. The second-order valence-electron chi connectivity index (χ2n) is 6.88. The van der Waals surface area contributed by atoms with E-state index in [2.05, 4.69) is 4.98 Å². The lowest BCUT2D eigenvalue weighted by Crippen LogP contribution is -2.48. The van der Waals surface area contributed by atoms with Crippen molar-refractivity contribution in [3.8, 4) is 0 Å². The van der Waals surface area contributed by atoms with Gasteiger partial charge >= 0.3 is 0 Å². The van der Waals surface area contributed by atoms with Crippen LogP contribution in [0.15, 0.2) is 87.7 Å². The van der Waals surface area contributed by atoms with Crippen LogP contribution >= 0.6 is 11.8 Å². The first-order chi connectivity index (χ1) is 14.9. The first-order valence-electron chi connectivity index (χ1n) is 9.62. The minimum atomic E-state index is -3.53. The Labute approximate surface area is 184 Å². The van der Waals surface area contributed by atoms with Crippen molar-refractivity contribution < 1.29 is 13.3 Å². The second kappa shape index (κ2) is 9.04. The summed E-state index contributed by atoms with van der Waals surface area (Å²) in [5.41, 5.74) is 0.838. The minimum Gasteiger partial charge on any atom is -0.369 e. The molecule has 0 saturated carbocycles. The minimum absolute atomic E-state index is 0.0182. The highest BCUT2D eigenvalue weighted by Gasteiger charge is 2.29. The van der Waals surface area contributed by atoms with E-state index in [0.29, 0.717) is 36.1 Å². The lowest BCUT2D eigenvalue weighted by Gasteiger charge is -2.35. The van der Waals surface area contributed by atoms with Crippen LogP contribution in [0.4, 0.5) is 11.4 Å². The Morgan fingerprint density at radius 3 is 2.29 bits per heavy atom. The number of pyridine rings is 1. The highest BCUT2D eigenvalue weighted by Crippen LogP contribution is 2.37. The van der Waals surface area contributed by atoms with E-state index in [1.807, 2.05) is 11.0 Å². The van der Waals surface area contributed by atoms with Crippen LogP contribution in [0, 0.1) is 10.1 Å². The van der Waals surface area contributed by atoms with E-state index >= 15 is 0 Å². The summed E-state index contributed by atoms with van der Waals surface area (Å²) in [7, 11) is -3.53. The number of sulfonamides is 1. The van der Waals surface area contributed by atoms with Crippen LogP contribution in [0.3, 0.4) is 0 Å². The van der Waals surface area contributed by atoms with Crippen LogP contribution in [0.5, 0.6) is 0 Å². The van der Waals surface area contributed by atoms with Gasteiger partial charge in [0, 0.05) is 44.1 Å². The normalized spacial score (nSPS) is 15.0. The molecule has 0 bridgehead atoms. The molecule has 3 aromatic rings. The average Bonchev–Trinajstić information content (AvgIpc) is 2.80. The fourth-order valence-corrected chi connectivity index (χ4v) is 5.74. The van der Waals surface area contributed by atoms with E-state index in [4.69, 9.17) is 0 Å². The van der Waals surface area contributed by atoms with Gasteiger partial charge in [-0.15, -0.1) is 0 Å². The zero-order chi connectivity index (χ0) is 21.8. The van der Waals surface area contributed by atoms with E-state index in [9.17, 15) is 18.5 Å². The summed E-state index contributed by atoms with van der Waals surface area (Å²) in [5, 5.41) is 12.1. The fourth-order valence-electron chi connectivity index (χ4n) is 3.38. The van der Waals surface area contributed by atoms with Gasteiger partial charge in [0.15, 0.2) is 0 Å². The van der Waals surface area contributed by atoms with Crippen LogP contribution in [-0.4, -0.2) is 48.8 Å². The number of hydrogen-bond donors (Lipinski definition) is 0. The highest BCUT2D eigenvalue weighted by molar-refractivity contribution is 7.99. The van der Waals surface area contributed by atoms with Gasteiger partial charge in [0.05, 0.1) is 14.7 Å². The molecule has 4 rings (SSSR count). The topological polar surface area (TPSA) is 96.6 Å². The SMILES string of the molecule is O=[N+]([O-])c1ccc(N2CCN(S(=O)(=O)c3ccccc3)CC2)cc1Sc1ccccn1. The van der Waals surface area contributed by atoms with Gasteiger partial charge in [0.1, 0.15) is 5.03 Å². The molecule has 160 valence electrons. The lowest BCUT2D eigenvalue weighted by atomic mass is 10.2. The number of piperazine rings is 1. The molecule has 2 heterocycles. The summed E-state index contributed by atoms with van der Waals surface area (Å²) in [4.78, 5) is 18.1. The average molecular weight is 457 g/mol. The van der Waals surface area contributed by atoms with Crippen LogP contribution in [-0.2, 0) is 10.0 Å². The number of nitro groups is 1. The van der Waals surface area contributed by atoms with E-state index in [1.165, 1.54) is 22.1 Å². The highest BCUT2D eigenvalue weighted by atomic mass is 32.2. The van der Waals surface area contributed by atoms with E-state index in [-0.39, 0.29) is 10.6 Å². The standard InChI is InChI=1S/C21H20N4O4S2/c26-25(27)19-10-9-17(16-20(19)30-21-8-4-5-11-22-21)23-12-14-24(15-13-23)31(28,29)18-6-2-1-3-7-18/h1-11,16H,12-15H2. The molecule has 1 aliphatic rings. The van der Waals surface area contributed by atoms with Crippen molar-refractivity contribution in [2.24, 2.45) is 0 Å². The number of benzene rings is 2. The zero-order valence-corrected chi connectivity index (χ0v) is 18.1. The summed E-state index contributed by atoms with van der Waals surface area (Å²) in [6.07, 6.45) is 1.64. The second-order valence-corrected chi connectivity index (χ2v) is 9.88. The molecule has 1 aromatic heterocycles. The largest absolute Gasteiger partial charge is 0.369 e.